The minimum absolute atomic E-state index is 0.0473. The number of rotatable bonds is 3. The predicted molar refractivity (Wildman–Crippen MR) is 84.3 cm³/mol. The van der Waals surface area contributed by atoms with E-state index in [2.05, 4.69) is 4.98 Å². The molecule has 0 unspecified atom stereocenters. The molecule has 112 valence electrons. The molecule has 0 atom stereocenters. The number of ketones is 1. The Balaban J connectivity index is 2.04. The third kappa shape index (κ3) is 2.83. The number of phenols is 1. The Morgan fingerprint density at radius 2 is 2.09 bits per heavy atom. The van der Waals surface area contributed by atoms with Gasteiger partial charge < -0.3 is 10.1 Å². The summed E-state index contributed by atoms with van der Waals surface area (Å²) in [5.74, 6) is -0.825. The van der Waals surface area contributed by atoms with Crippen molar-refractivity contribution in [3.05, 3.63) is 71.2 Å². The van der Waals surface area contributed by atoms with Crippen LogP contribution in [0.1, 0.15) is 15.9 Å². The fraction of sp³-hybridized carbons (Fsp3) is 0. The number of halogens is 1. The first-order valence-electron chi connectivity index (χ1n) is 6.80. The number of fused-ring (bicyclic) bond motifs is 1. The molecule has 3 rings (SSSR count). The summed E-state index contributed by atoms with van der Waals surface area (Å²) in [5.41, 5.74) is 1.26. The van der Waals surface area contributed by atoms with Gasteiger partial charge in [-0.3, -0.25) is 4.79 Å². The summed E-state index contributed by atoms with van der Waals surface area (Å²) in [6.45, 7) is 0. The van der Waals surface area contributed by atoms with Crippen LogP contribution in [0.25, 0.3) is 17.0 Å². The molecule has 0 aliphatic heterocycles. The number of benzene rings is 2. The maximum Gasteiger partial charge on any atom is 0.205 e. The van der Waals surface area contributed by atoms with Crippen LogP contribution >= 0.6 is 0 Å². The van der Waals surface area contributed by atoms with Crippen molar-refractivity contribution in [2.24, 2.45) is 0 Å². The van der Waals surface area contributed by atoms with Crippen molar-refractivity contribution in [1.29, 1.82) is 5.26 Å². The van der Waals surface area contributed by atoms with Crippen LogP contribution in [-0.4, -0.2) is 15.9 Å². The fourth-order valence-corrected chi connectivity index (χ4v) is 2.36. The Bertz CT molecular complexity index is 980. The van der Waals surface area contributed by atoms with Crippen LogP contribution in [0.2, 0.25) is 0 Å². The Hall–Kier alpha value is -3.39. The van der Waals surface area contributed by atoms with Crippen molar-refractivity contribution >= 4 is 22.8 Å². The van der Waals surface area contributed by atoms with Crippen LogP contribution in [0.4, 0.5) is 4.39 Å². The molecule has 2 N–H and O–H groups in total. The van der Waals surface area contributed by atoms with Crippen LogP contribution < -0.4 is 0 Å². The lowest BCUT2D eigenvalue weighted by atomic mass is 10.0. The van der Waals surface area contributed by atoms with E-state index in [1.165, 1.54) is 42.6 Å². The number of H-pyrrole nitrogens is 1. The van der Waals surface area contributed by atoms with E-state index in [-0.39, 0.29) is 11.3 Å². The summed E-state index contributed by atoms with van der Waals surface area (Å²) >= 11 is 0. The number of carbonyl (C=O) groups excluding carboxylic acids is 1. The molecule has 0 radical (unpaired) electrons. The van der Waals surface area contributed by atoms with E-state index in [9.17, 15) is 19.6 Å². The summed E-state index contributed by atoms with van der Waals surface area (Å²) in [7, 11) is 0. The van der Waals surface area contributed by atoms with E-state index in [4.69, 9.17) is 0 Å². The molecule has 0 fully saturated rings. The number of aromatic nitrogens is 1. The van der Waals surface area contributed by atoms with Gasteiger partial charge in [0.2, 0.25) is 5.78 Å². The van der Waals surface area contributed by atoms with E-state index in [0.717, 1.165) is 0 Å². The molecule has 0 amide bonds. The first-order chi connectivity index (χ1) is 11.1. The number of hydrogen-bond donors (Lipinski definition) is 2. The molecular weight excluding hydrogens is 295 g/mol. The SMILES string of the molecule is N#CC(=Cc1cccc(O)c1)C(=O)c1c[nH]c2cc(F)ccc12. The molecule has 0 saturated heterocycles. The molecule has 0 aliphatic carbocycles. The van der Waals surface area contributed by atoms with Gasteiger partial charge in [0.15, 0.2) is 0 Å². The largest absolute Gasteiger partial charge is 0.508 e. The molecule has 0 bridgehead atoms. The van der Waals surface area contributed by atoms with Crippen LogP contribution in [0.15, 0.2) is 54.2 Å². The number of nitriles is 1. The van der Waals surface area contributed by atoms with E-state index >= 15 is 0 Å². The minimum Gasteiger partial charge on any atom is -0.508 e. The predicted octanol–water partition coefficient (Wildman–Crippen LogP) is 3.80. The zero-order chi connectivity index (χ0) is 16.4. The van der Waals surface area contributed by atoms with Gasteiger partial charge in [0.25, 0.3) is 0 Å². The smallest absolute Gasteiger partial charge is 0.205 e. The number of nitrogens with one attached hydrogen (secondary N) is 1. The number of nitrogens with zero attached hydrogens (tertiary/aromatic N) is 1. The molecule has 4 nitrogen and oxygen atoms in total. The number of phenolic OH excluding ortho intramolecular Hbond substituents is 1. The average Bonchev–Trinajstić information content (AvgIpc) is 2.95. The van der Waals surface area contributed by atoms with Gasteiger partial charge in [-0.2, -0.15) is 5.26 Å². The van der Waals surface area contributed by atoms with Gasteiger partial charge in [-0.1, -0.05) is 12.1 Å². The number of hydrogen-bond acceptors (Lipinski definition) is 3. The van der Waals surface area contributed by atoms with E-state index < -0.39 is 11.6 Å². The molecule has 5 heteroatoms. The van der Waals surface area contributed by atoms with Crippen molar-refractivity contribution in [3.8, 4) is 11.8 Å². The van der Waals surface area contributed by atoms with Gasteiger partial charge in [-0.05, 0) is 42.0 Å². The third-order valence-electron chi connectivity index (χ3n) is 3.43. The second kappa shape index (κ2) is 5.78. The lowest BCUT2D eigenvalue weighted by Gasteiger charge is -2.00. The highest BCUT2D eigenvalue weighted by Gasteiger charge is 2.17. The Morgan fingerprint density at radius 3 is 2.83 bits per heavy atom. The number of aromatic amines is 1. The van der Waals surface area contributed by atoms with Gasteiger partial charge in [-0.25, -0.2) is 4.39 Å². The molecule has 0 spiro atoms. The van der Waals surface area contributed by atoms with Crippen LogP contribution in [-0.2, 0) is 0 Å². The van der Waals surface area contributed by atoms with Gasteiger partial charge in [-0.15, -0.1) is 0 Å². The van der Waals surface area contributed by atoms with Crippen molar-refractivity contribution in [2.75, 3.05) is 0 Å². The number of Topliss-reactive ketones (excluding diaryl/α,β-unsaturated/α-hetero) is 1. The van der Waals surface area contributed by atoms with Crippen LogP contribution in [0, 0.1) is 17.1 Å². The van der Waals surface area contributed by atoms with Crippen molar-refractivity contribution in [1.82, 2.24) is 4.98 Å². The lowest BCUT2D eigenvalue weighted by molar-refractivity contribution is 0.104. The summed E-state index contributed by atoms with van der Waals surface area (Å²) in [5, 5.41) is 19.3. The van der Waals surface area contributed by atoms with Crippen molar-refractivity contribution in [3.63, 3.8) is 0 Å². The number of carbonyl (C=O) groups is 1. The highest BCUT2D eigenvalue weighted by atomic mass is 19.1. The second-order valence-corrected chi connectivity index (χ2v) is 4.99. The maximum atomic E-state index is 13.2. The summed E-state index contributed by atoms with van der Waals surface area (Å²) in [6.07, 6.45) is 2.87. The maximum absolute atomic E-state index is 13.2. The molecule has 0 aliphatic rings. The molecule has 2 aromatic carbocycles. The summed E-state index contributed by atoms with van der Waals surface area (Å²) in [4.78, 5) is 15.4. The van der Waals surface area contributed by atoms with E-state index in [0.29, 0.717) is 22.0 Å². The Labute approximate surface area is 131 Å². The summed E-state index contributed by atoms with van der Waals surface area (Å²) in [6, 6.07) is 12.2. The second-order valence-electron chi connectivity index (χ2n) is 4.99. The highest BCUT2D eigenvalue weighted by Crippen LogP contribution is 2.23. The fourth-order valence-electron chi connectivity index (χ4n) is 2.36. The molecule has 1 aromatic heterocycles. The van der Waals surface area contributed by atoms with Gasteiger partial charge in [0.05, 0.1) is 0 Å². The van der Waals surface area contributed by atoms with Gasteiger partial charge >= 0.3 is 0 Å². The van der Waals surface area contributed by atoms with Gasteiger partial charge in [0, 0.05) is 22.7 Å². The molecular formula is C18H11FN2O2. The zero-order valence-electron chi connectivity index (χ0n) is 11.9. The average molecular weight is 306 g/mol. The number of allylic oxidation sites excluding steroid dienone is 1. The third-order valence-corrected chi connectivity index (χ3v) is 3.43. The minimum atomic E-state index is -0.464. The molecule has 1 heterocycles. The van der Waals surface area contributed by atoms with Crippen LogP contribution in [0.3, 0.4) is 0 Å². The Morgan fingerprint density at radius 1 is 1.26 bits per heavy atom. The van der Waals surface area contributed by atoms with Crippen LogP contribution in [0.5, 0.6) is 5.75 Å². The monoisotopic (exact) mass is 306 g/mol. The number of aromatic hydroxyl groups is 1. The lowest BCUT2D eigenvalue weighted by Crippen LogP contribution is -2.01. The first-order valence-corrected chi connectivity index (χ1v) is 6.80. The molecule has 23 heavy (non-hydrogen) atoms. The normalized spacial score (nSPS) is 11.4. The topological polar surface area (TPSA) is 76.9 Å². The zero-order valence-corrected chi connectivity index (χ0v) is 11.9. The van der Waals surface area contributed by atoms with E-state index in [1.54, 1.807) is 12.1 Å². The standard InChI is InChI=1S/C18H11FN2O2/c19-13-4-5-15-16(10-21-17(15)8-13)18(23)12(9-20)6-11-2-1-3-14(22)7-11/h1-8,10,21-22H. The quantitative estimate of drug-likeness (QED) is 0.439. The Kier molecular flexibility index (Phi) is 3.65. The molecule has 0 saturated carbocycles. The molecule has 3 aromatic rings. The van der Waals surface area contributed by atoms with Gasteiger partial charge in [0.1, 0.15) is 23.2 Å². The summed E-state index contributed by atoms with van der Waals surface area (Å²) < 4.78 is 13.2. The van der Waals surface area contributed by atoms with E-state index in [1.807, 2.05) is 6.07 Å². The van der Waals surface area contributed by atoms with Crippen molar-refractivity contribution in [2.45, 2.75) is 0 Å². The first kappa shape index (κ1) is 14.5. The highest BCUT2D eigenvalue weighted by molar-refractivity contribution is 6.19. The van der Waals surface area contributed by atoms with Crippen molar-refractivity contribution < 1.29 is 14.3 Å².